The van der Waals surface area contributed by atoms with Gasteiger partial charge in [-0.1, -0.05) is 23.7 Å². The molecule has 2 aromatic carbocycles. The van der Waals surface area contributed by atoms with E-state index in [9.17, 15) is 9.59 Å². The van der Waals surface area contributed by atoms with Crippen LogP contribution in [0.1, 0.15) is 26.2 Å². The second-order valence-electron chi connectivity index (χ2n) is 8.21. The highest BCUT2D eigenvalue weighted by Crippen LogP contribution is 2.34. The minimum absolute atomic E-state index is 0.193. The Labute approximate surface area is 219 Å². The summed E-state index contributed by atoms with van der Waals surface area (Å²) < 4.78 is 10.5. The van der Waals surface area contributed by atoms with Gasteiger partial charge in [0.1, 0.15) is 10.8 Å². The Morgan fingerprint density at radius 1 is 0.973 bits per heavy atom. The van der Waals surface area contributed by atoms with Crippen molar-refractivity contribution in [1.82, 2.24) is 9.97 Å². The van der Waals surface area contributed by atoms with E-state index in [2.05, 4.69) is 31.2 Å². The Morgan fingerprint density at radius 2 is 1.76 bits per heavy atom. The molecule has 0 saturated carbocycles. The van der Waals surface area contributed by atoms with Crippen LogP contribution in [0, 0.1) is 0 Å². The molecule has 10 nitrogen and oxygen atoms in total. The Bertz CT molecular complexity index is 1360. The molecule has 1 aromatic heterocycles. The van der Waals surface area contributed by atoms with Crippen molar-refractivity contribution in [3.63, 3.8) is 0 Å². The van der Waals surface area contributed by atoms with Gasteiger partial charge in [-0.25, -0.2) is 9.78 Å². The van der Waals surface area contributed by atoms with E-state index >= 15 is 0 Å². The van der Waals surface area contributed by atoms with Gasteiger partial charge in [-0.05, 0) is 43.5 Å². The summed E-state index contributed by atoms with van der Waals surface area (Å²) in [6.07, 6.45) is 3.82. The zero-order valence-corrected chi connectivity index (χ0v) is 21.4. The van der Waals surface area contributed by atoms with Crippen LogP contribution in [0.4, 0.5) is 34.5 Å². The average Bonchev–Trinajstić information content (AvgIpc) is 3.35. The van der Waals surface area contributed by atoms with Crippen molar-refractivity contribution in [2.45, 2.75) is 26.2 Å². The first-order valence-electron chi connectivity index (χ1n) is 11.6. The van der Waals surface area contributed by atoms with Crippen LogP contribution in [-0.2, 0) is 14.3 Å². The fourth-order valence-corrected chi connectivity index (χ4v) is 4.07. The van der Waals surface area contributed by atoms with Crippen LogP contribution >= 0.6 is 11.6 Å². The monoisotopic (exact) mass is 522 g/mol. The zero-order chi connectivity index (χ0) is 26.4. The van der Waals surface area contributed by atoms with Gasteiger partial charge in [0.05, 0.1) is 43.1 Å². The van der Waals surface area contributed by atoms with Crippen molar-refractivity contribution >= 4 is 58.0 Å². The van der Waals surface area contributed by atoms with Crippen LogP contribution in [-0.4, -0.2) is 36.1 Å². The molecule has 0 fully saturated rings. The van der Waals surface area contributed by atoms with Gasteiger partial charge in [-0.2, -0.15) is 4.98 Å². The molecule has 4 rings (SSSR count). The van der Waals surface area contributed by atoms with Crippen LogP contribution in [0.15, 0.2) is 59.9 Å². The number of halogens is 1. The molecule has 0 radical (unpaired) electrons. The lowest BCUT2D eigenvalue weighted by atomic mass is 10.2. The average molecular weight is 523 g/mol. The molecule has 4 N–H and O–H groups in total. The number of hydrogen-bond acceptors (Lipinski definition) is 9. The number of esters is 1. The first-order chi connectivity index (χ1) is 17.9. The van der Waals surface area contributed by atoms with Crippen molar-refractivity contribution in [2.75, 3.05) is 35.5 Å². The highest BCUT2D eigenvalue weighted by molar-refractivity contribution is 6.33. The first-order valence-corrected chi connectivity index (χ1v) is 11.9. The van der Waals surface area contributed by atoms with Crippen molar-refractivity contribution in [1.29, 1.82) is 0 Å². The summed E-state index contributed by atoms with van der Waals surface area (Å²) >= 11 is 6.34. The molecule has 1 heterocycles. The molecule has 3 aromatic rings. The van der Waals surface area contributed by atoms with E-state index in [1.165, 1.54) is 20.2 Å². The van der Waals surface area contributed by atoms with Crippen LogP contribution in [0.3, 0.4) is 0 Å². The molecular weight excluding hydrogens is 496 g/mol. The summed E-state index contributed by atoms with van der Waals surface area (Å²) in [7, 11) is 2.95. The number of para-hydroxylation sites is 2. The van der Waals surface area contributed by atoms with Gasteiger partial charge >= 0.3 is 5.97 Å². The van der Waals surface area contributed by atoms with Gasteiger partial charge in [0.15, 0.2) is 5.82 Å². The minimum Gasteiger partial charge on any atom is -0.494 e. The fraction of sp³-hybridized carbons (Fsp3) is 0.231. The third-order valence-corrected chi connectivity index (χ3v) is 5.90. The molecule has 0 atom stereocenters. The number of allylic oxidation sites excluding steroid dienone is 1. The smallest absolute Gasteiger partial charge is 0.335 e. The standard InChI is InChI=1S/C26H27ClN6O4/c1-15(34)29-20-8-4-5-9-21(20)31-24-18(27)14-28-26(33-24)32-22-12-11-16(13-23(22)36-2)30-19-10-6-7-17(19)25(35)37-3/h4-5,8-9,11-14,30H,6-7,10H2,1-3H3,(H,29,34)(H2,28,31,32,33). The number of anilines is 6. The Morgan fingerprint density at radius 3 is 2.49 bits per heavy atom. The van der Waals surface area contributed by atoms with E-state index in [4.69, 9.17) is 21.1 Å². The molecule has 0 spiro atoms. The van der Waals surface area contributed by atoms with Gasteiger partial charge in [0.25, 0.3) is 0 Å². The number of nitrogens with zero attached hydrogens (tertiary/aromatic N) is 2. The third-order valence-electron chi connectivity index (χ3n) is 5.63. The molecule has 1 amide bonds. The summed E-state index contributed by atoms with van der Waals surface area (Å²) in [5.41, 5.74) is 4.15. The molecule has 0 aliphatic heterocycles. The maximum Gasteiger partial charge on any atom is 0.335 e. The first kappa shape index (κ1) is 25.8. The van der Waals surface area contributed by atoms with Gasteiger partial charge in [-0.15, -0.1) is 0 Å². The normalized spacial score (nSPS) is 12.6. The molecule has 0 bridgehead atoms. The summed E-state index contributed by atoms with van der Waals surface area (Å²) in [5, 5.41) is 12.7. The second kappa shape index (κ2) is 11.6. The predicted octanol–water partition coefficient (Wildman–Crippen LogP) is 5.61. The molecule has 0 saturated heterocycles. The number of carbonyl (C=O) groups is 2. The summed E-state index contributed by atoms with van der Waals surface area (Å²) in [4.78, 5) is 32.3. The zero-order valence-electron chi connectivity index (χ0n) is 20.6. The SMILES string of the molecule is COC(=O)C1=C(Nc2ccc(Nc3ncc(Cl)c(Nc4ccccc4NC(C)=O)n3)c(OC)c2)CCC1. The fourth-order valence-electron chi connectivity index (χ4n) is 3.93. The number of aromatic nitrogens is 2. The van der Waals surface area contributed by atoms with Crippen molar-refractivity contribution < 1.29 is 19.1 Å². The predicted molar refractivity (Wildman–Crippen MR) is 144 cm³/mol. The molecule has 192 valence electrons. The Hall–Kier alpha value is -4.31. The Kier molecular flexibility index (Phi) is 8.09. The molecule has 37 heavy (non-hydrogen) atoms. The van der Waals surface area contributed by atoms with Crippen molar-refractivity contribution in [2.24, 2.45) is 0 Å². The lowest BCUT2D eigenvalue weighted by Crippen LogP contribution is -2.09. The molecule has 11 heteroatoms. The highest BCUT2D eigenvalue weighted by atomic mass is 35.5. The number of nitrogens with one attached hydrogen (secondary N) is 4. The molecule has 1 aliphatic rings. The van der Waals surface area contributed by atoms with E-state index in [1.807, 2.05) is 30.3 Å². The number of benzene rings is 2. The highest BCUT2D eigenvalue weighted by Gasteiger charge is 2.22. The lowest BCUT2D eigenvalue weighted by molar-refractivity contribution is -0.136. The minimum atomic E-state index is -0.311. The van der Waals surface area contributed by atoms with Crippen LogP contribution < -0.4 is 26.0 Å². The number of ether oxygens (including phenoxy) is 2. The van der Waals surface area contributed by atoms with Gasteiger partial charge in [0.2, 0.25) is 11.9 Å². The number of rotatable bonds is 9. The summed E-state index contributed by atoms with van der Waals surface area (Å²) in [6, 6.07) is 12.7. The maximum atomic E-state index is 12.0. The quantitative estimate of drug-likeness (QED) is 0.265. The largest absolute Gasteiger partial charge is 0.494 e. The van der Waals surface area contributed by atoms with E-state index in [1.54, 1.807) is 19.2 Å². The third kappa shape index (κ3) is 6.28. The van der Waals surface area contributed by atoms with Gasteiger partial charge in [-0.3, -0.25) is 4.79 Å². The molecule has 1 aliphatic carbocycles. The lowest BCUT2D eigenvalue weighted by Gasteiger charge is -2.16. The maximum absolute atomic E-state index is 12.0. The van der Waals surface area contributed by atoms with E-state index in [-0.39, 0.29) is 17.8 Å². The summed E-state index contributed by atoms with van der Waals surface area (Å²) in [5.74, 6) is 0.690. The van der Waals surface area contributed by atoms with Crippen molar-refractivity contribution in [3.05, 3.63) is 65.0 Å². The van der Waals surface area contributed by atoms with E-state index in [0.29, 0.717) is 45.6 Å². The van der Waals surface area contributed by atoms with E-state index < -0.39 is 0 Å². The Balaban J connectivity index is 1.54. The molecule has 0 unspecified atom stereocenters. The summed E-state index contributed by atoms with van der Waals surface area (Å²) in [6.45, 7) is 1.44. The van der Waals surface area contributed by atoms with Crippen molar-refractivity contribution in [3.8, 4) is 5.75 Å². The number of amides is 1. The number of carbonyl (C=O) groups excluding carboxylic acids is 2. The van der Waals surface area contributed by atoms with Gasteiger partial charge < -0.3 is 30.7 Å². The number of hydrogen-bond donors (Lipinski definition) is 4. The van der Waals surface area contributed by atoms with Crippen LogP contribution in [0.2, 0.25) is 5.02 Å². The molecular formula is C26H27ClN6O4. The van der Waals surface area contributed by atoms with E-state index in [0.717, 1.165) is 24.2 Å². The topological polar surface area (TPSA) is 126 Å². The van der Waals surface area contributed by atoms with Crippen LogP contribution in [0.25, 0.3) is 0 Å². The van der Waals surface area contributed by atoms with Crippen LogP contribution in [0.5, 0.6) is 5.75 Å². The number of methoxy groups -OCH3 is 2. The second-order valence-corrected chi connectivity index (χ2v) is 8.62. The van der Waals surface area contributed by atoms with Gasteiger partial charge in [0, 0.05) is 24.4 Å².